The van der Waals surface area contributed by atoms with Crippen LogP contribution in [0.15, 0.2) is 48.5 Å². The zero-order valence-corrected chi connectivity index (χ0v) is 17.2. The van der Waals surface area contributed by atoms with Gasteiger partial charge in [-0.15, -0.1) is 0 Å². The second kappa shape index (κ2) is 8.17. The van der Waals surface area contributed by atoms with Crippen LogP contribution in [0.2, 0.25) is 0 Å². The summed E-state index contributed by atoms with van der Waals surface area (Å²) in [4.78, 5) is 2.46. The standard InChI is InChI=1S/C25H29N3/c1-24(2,3)25(11-14-26)12-15-28(16-13-25)19-20-9-10-23(22(17-20)18-27)21-7-5-4-6-8-21/h4-10,17H,11-13,15-16,19H2,1-3H3. The van der Waals surface area contributed by atoms with Crippen molar-refractivity contribution < 1.29 is 0 Å². The molecule has 3 heteroatoms. The Hall–Kier alpha value is -2.62. The van der Waals surface area contributed by atoms with Crippen LogP contribution in [-0.2, 0) is 6.54 Å². The lowest BCUT2D eigenvalue weighted by Crippen LogP contribution is -2.46. The van der Waals surface area contributed by atoms with Crippen molar-refractivity contribution in [3.63, 3.8) is 0 Å². The van der Waals surface area contributed by atoms with E-state index in [0.717, 1.165) is 49.2 Å². The third-order valence-corrected chi connectivity index (χ3v) is 6.52. The molecule has 3 rings (SSSR count). The molecule has 1 saturated heterocycles. The van der Waals surface area contributed by atoms with Crippen molar-refractivity contribution in [3.8, 4) is 23.3 Å². The average molecular weight is 372 g/mol. The second-order valence-corrected chi connectivity index (χ2v) is 9.00. The molecule has 0 atom stereocenters. The van der Waals surface area contributed by atoms with Crippen LogP contribution in [0, 0.1) is 33.5 Å². The molecule has 2 aromatic rings. The highest BCUT2D eigenvalue weighted by molar-refractivity contribution is 5.70. The number of nitriles is 2. The van der Waals surface area contributed by atoms with Gasteiger partial charge in [-0.1, -0.05) is 63.2 Å². The summed E-state index contributed by atoms with van der Waals surface area (Å²) < 4.78 is 0. The number of nitrogens with zero attached hydrogens (tertiary/aromatic N) is 3. The Balaban J connectivity index is 1.72. The van der Waals surface area contributed by atoms with E-state index in [9.17, 15) is 10.5 Å². The van der Waals surface area contributed by atoms with E-state index in [1.54, 1.807) is 0 Å². The van der Waals surface area contributed by atoms with E-state index in [2.05, 4.69) is 49.9 Å². The van der Waals surface area contributed by atoms with E-state index < -0.39 is 0 Å². The summed E-state index contributed by atoms with van der Waals surface area (Å²) in [6, 6.07) is 21.1. The van der Waals surface area contributed by atoms with Gasteiger partial charge in [-0.2, -0.15) is 10.5 Å². The third kappa shape index (κ3) is 4.11. The van der Waals surface area contributed by atoms with E-state index in [0.29, 0.717) is 6.42 Å². The minimum absolute atomic E-state index is 0.104. The van der Waals surface area contributed by atoms with Gasteiger partial charge in [0.2, 0.25) is 0 Å². The molecule has 1 aliphatic heterocycles. The van der Waals surface area contributed by atoms with E-state index in [4.69, 9.17) is 0 Å². The molecule has 0 saturated carbocycles. The molecule has 1 heterocycles. The van der Waals surface area contributed by atoms with Crippen LogP contribution < -0.4 is 0 Å². The van der Waals surface area contributed by atoms with Crippen LogP contribution in [0.4, 0.5) is 0 Å². The third-order valence-electron chi connectivity index (χ3n) is 6.52. The monoisotopic (exact) mass is 371 g/mol. The zero-order valence-electron chi connectivity index (χ0n) is 17.2. The van der Waals surface area contributed by atoms with Gasteiger partial charge in [-0.25, -0.2) is 0 Å². The first-order valence-corrected chi connectivity index (χ1v) is 10.1. The van der Waals surface area contributed by atoms with Crippen molar-refractivity contribution in [1.82, 2.24) is 4.90 Å². The van der Waals surface area contributed by atoms with Crippen LogP contribution in [-0.4, -0.2) is 18.0 Å². The van der Waals surface area contributed by atoms with Crippen molar-refractivity contribution >= 4 is 0 Å². The molecular formula is C25H29N3. The summed E-state index contributed by atoms with van der Waals surface area (Å²) in [5, 5.41) is 19.0. The number of hydrogen-bond donors (Lipinski definition) is 0. The number of likely N-dealkylation sites (tertiary alicyclic amines) is 1. The Morgan fingerprint density at radius 2 is 1.68 bits per heavy atom. The summed E-state index contributed by atoms with van der Waals surface area (Å²) in [5.41, 5.74) is 4.23. The van der Waals surface area contributed by atoms with Crippen molar-refractivity contribution in [3.05, 3.63) is 59.7 Å². The summed E-state index contributed by atoms with van der Waals surface area (Å²) in [7, 11) is 0. The largest absolute Gasteiger partial charge is 0.299 e. The molecule has 0 aromatic heterocycles. The molecule has 144 valence electrons. The van der Waals surface area contributed by atoms with Gasteiger partial charge in [0.05, 0.1) is 17.7 Å². The normalized spacial score (nSPS) is 16.9. The SMILES string of the molecule is CC(C)(C)C1(CC#N)CCN(Cc2ccc(-c3ccccc3)c(C#N)c2)CC1. The maximum Gasteiger partial charge on any atom is 0.0998 e. The Morgan fingerprint density at radius 1 is 1.00 bits per heavy atom. The zero-order chi connectivity index (χ0) is 20.2. The predicted molar refractivity (Wildman–Crippen MR) is 113 cm³/mol. The highest BCUT2D eigenvalue weighted by Gasteiger charge is 2.43. The highest BCUT2D eigenvalue weighted by Crippen LogP contribution is 2.49. The van der Waals surface area contributed by atoms with Gasteiger partial charge >= 0.3 is 0 Å². The first-order chi connectivity index (χ1) is 13.4. The molecule has 0 spiro atoms. The molecule has 2 aromatic carbocycles. The Bertz CT molecular complexity index is 886. The maximum absolute atomic E-state index is 9.63. The lowest BCUT2D eigenvalue weighted by Gasteiger charge is -2.49. The first kappa shape index (κ1) is 20.1. The van der Waals surface area contributed by atoms with Crippen molar-refractivity contribution in [1.29, 1.82) is 10.5 Å². The number of benzene rings is 2. The fourth-order valence-corrected chi connectivity index (χ4v) is 4.39. The number of hydrogen-bond acceptors (Lipinski definition) is 3. The minimum atomic E-state index is 0.104. The molecule has 28 heavy (non-hydrogen) atoms. The van der Waals surface area contributed by atoms with Crippen LogP contribution >= 0.6 is 0 Å². The fourth-order valence-electron chi connectivity index (χ4n) is 4.39. The van der Waals surface area contributed by atoms with Gasteiger partial charge in [0, 0.05) is 13.0 Å². The van der Waals surface area contributed by atoms with Crippen molar-refractivity contribution in [2.45, 2.75) is 46.6 Å². The van der Waals surface area contributed by atoms with Crippen LogP contribution in [0.1, 0.15) is 51.2 Å². The summed E-state index contributed by atoms with van der Waals surface area (Å²) in [5.74, 6) is 0. The molecule has 0 radical (unpaired) electrons. The van der Waals surface area contributed by atoms with Gasteiger partial charge < -0.3 is 0 Å². The Kier molecular flexibility index (Phi) is 5.87. The number of piperidine rings is 1. The van der Waals surface area contributed by atoms with Gasteiger partial charge in [-0.3, -0.25) is 4.90 Å². The second-order valence-electron chi connectivity index (χ2n) is 9.00. The first-order valence-electron chi connectivity index (χ1n) is 10.1. The summed E-state index contributed by atoms with van der Waals surface area (Å²) in [6.45, 7) is 9.66. The predicted octanol–water partition coefficient (Wildman–Crippen LogP) is 5.77. The molecule has 0 unspecified atom stereocenters. The molecule has 0 bridgehead atoms. The van der Waals surface area contributed by atoms with Gasteiger partial charge in [-0.05, 0) is 59.5 Å². The maximum atomic E-state index is 9.63. The Morgan fingerprint density at radius 3 is 2.25 bits per heavy atom. The van der Waals surface area contributed by atoms with Crippen LogP contribution in [0.5, 0.6) is 0 Å². The van der Waals surface area contributed by atoms with E-state index in [-0.39, 0.29) is 10.8 Å². The lowest BCUT2D eigenvalue weighted by molar-refractivity contribution is 0.00711. The minimum Gasteiger partial charge on any atom is -0.299 e. The number of rotatable bonds is 4. The van der Waals surface area contributed by atoms with E-state index in [1.165, 1.54) is 5.56 Å². The molecule has 0 aliphatic carbocycles. The van der Waals surface area contributed by atoms with Gasteiger partial charge in [0.25, 0.3) is 0 Å². The summed E-state index contributed by atoms with van der Waals surface area (Å²) >= 11 is 0. The molecule has 1 aliphatic rings. The van der Waals surface area contributed by atoms with Crippen LogP contribution in [0.25, 0.3) is 11.1 Å². The quantitative estimate of drug-likeness (QED) is 0.686. The fraction of sp³-hybridized carbons (Fsp3) is 0.440. The molecule has 0 N–H and O–H groups in total. The lowest BCUT2D eigenvalue weighted by atomic mass is 9.60. The smallest absolute Gasteiger partial charge is 0.0998 e. The van der Waals surface area contributed by atoms with E-state index >= 15 is 0 Å². The molecular weight excluding hydrogens is 342 g/mol. The Labute approximate surface area is 169 Å². The molecule has 0 amide bonds. The van der Waals surface area contributed by atoms with E-state index in [1.807, 2.05) is 36.4 Å². The van der Waals surface area contributed by atoms with Crippen LogP contribution in [0.3, 0.4) is 0 Å². The van der Waals surface area contributed by atoms with Crippen molar-refractivity contribution in [2.24, 2.45) is 10.8 Å². The summed E-state index contributed by atoms with van der Waals surface area (Å²) in [6.07, 6.45) is 2.74. The van der Waals surface area contributed by atoms with Crippen molar-refractivity contribution in [2.75, 3.05) is 13.1 Å². The topological polar surface area (TPSA) is 50.8 Å². The van der Waals surface area contributed by atoms with Gasteiger partial charge in [0.15, 0.2) is 0 Å². The highest BCUT2D eigenvalue weighted by atomic mass is 15.1. The molecule has 3 nitrogen and oxygen atoms in total. The molecule has 1 fully saturated rings. The van der Waals surface area contributed by atoms with Gasteiger partial charge in [0.1, 0.15) is 0 Å². The average Bonchev–Trinajstić information content (AvgIpc) is 2.69.